The molecule has 2 aliphatic heterocycles. The van der Waals surface area contributed by atoms with E-state index >= 15 is 0 Å². The Morgan fingerprint density at radius 2 is 1.85 bits per heavy atom. The van der Waals surface area contributed by atoms with Crippen LogP contribution in [0.15, 0.2) is 53.7 Å². The Morgan fingerprint density at radius 3 is 2.62 bits per heavy atom. The van der Waals surface area contributed by atoms with Gasteiger partial charge in [-0.3, -0.25) is 14.3 Å². The highest BCUT2D eigenvalue weighted by molar-refractivity contribution is 5.54. The van der Waals surface area contributed by atoms with Crippen LogP contribution in [0.3, 0.4) is 0 Å². The van der Waals surface area contributed by atoms with Gasteiger partial charge in [0.2, 0.25) is 0 Å². The van der Waals surface area contributed by atoms with Gasteiger partial charge < -0.3 is 14.4 Å². The molecule has 0 radical (unpaired) electrons. The predicted octanol–water partition coefficient (Wildman–Crippen LogP) is 2.12. The lowest BCUT2D eigenvalue weighted by Gasteiger charge is -2.35. The summed E-state index contributed by atoms with van der Waals surface area (Å²) in [5, 5.41) is 0. The molecule has 4 heterocycles. The monoisotopic (exact) mass is 462 g/mol. The van der Waals surface area contributed by atoms with E-state index in [2.05, 4.69) is 49.0 Å². The Hall–Kier alpha value is -3.30. The second-order valence-corrected chi connectivity index (χ2v) is 8.74. The second-order valence-electron chi connectivity index (χ2n) is 8.74. The summed E-state index contributed by atoms with van der Waals surface area (Å²) in [7, 11) is 1.69. The van der Waals surface area contributed by atoms with E-state index in [4.69, 9.17) is 9.47 Å². The molecule has 2 aromatic heterocycles. The van der Waals surface area contributed by atoms with E-state index in [1.54, 1.807) is 19.3 Å². The van der Waals surface area contributed by atoms with Gasteiger partial charge in [0, 0.05) is 70.6 Å². The molecule has 9 nitrogen and oxygen atoms in total. The van der Waals surface area contributed by atoms with Crippen molar-refractivity contribution in [3.8, 4) is 17.4 Å². The van der Waals surface area contributed by atoms with Crippen LogP contribution < -0.4 is 15.2 Å². The van der Waals surface area contributed by atoms with E-state index in [0.717, 1.165) is 58.8 Å². The number of morpholine rings is 1. The van der Waals surface area contributed by atoms with Crippen molar-refractivity contribution in [2.45, 2.75) is 25.5 Å². The maximum Gasteiger partial charge on any atom is 0.299 e. The molecule has 2 fully saturated rings. The van der Waals surface area contributed by atoms with Crippen LogP contribution in [0.5, 0.6) is 6.01 Å². The predicted molar refractivity (Wildman–Crippen MR) is 129 cm³/mol. The summed E-state index contributed by atoms with van der Waals surface area (Å²) in [6, 6.07) is 12.2. The SMILES string of the molecule is Cn1c(OC2CCN(c3ccccc3CN3CCOCC3)CC2)nc(-c2ccncn2)cc1=O. The maximum absolute atomic E-state index is 12.5. The zero-order valence-electron chi connectivity index (χ0n) is 19.5. The van der Waals surface area contributed by atoms with Crippen LogP contribution in [0.4, 0.5) is 5.69 Å². The van der Waals surface area contributed by atoms with Crippen molar-refractivity contribution in [2.24, 2.45) is 7.05 Å². The summed E-state index contributed by atoms with van der Waals surface area (Å²) < 4.78 is 13.2. The number of nitrogens with zero attached hydrogens (tertiary/aromatic N) is 6. The molecule has 0 atom stereocenters. The average Bonchev–Trinajstić information content (AvgIpc) is 2.89. The Bertz CT molecular complexity index is 1150. The Balaban J connectivity index is 1.25. The maximum atomic E-state index is 12.5. The summed E-state index contributed by atoms with van der Waals surface area (Å²) in [6.45, 7) is 6.29. The number of hydrogen-bond acceptors (Lipinski definition) is 8. The number of benzene rings is 1. The largest absolute Gasteiger partial charge is 0.461 e. The smallest absolute Gasteiger partial charge is 0.299 e. The molecule has 0 unspecified atom stereocenters. The fourth-order valence-electron chi connectivity index (χ4n) is 4.51. The normalized spacial score (nSPS) is 17.6. The van der Waals surface area contributed by atoms with Gasteiger partial charge >= 0.3 is 0 Å². The van der Waals surface area contributed by atoms with E-state index in [0.29, 0.717) is 17.4 Å². The summed E-state index contributed by atoms with van der Waals surface area (Å²) >= 11 is 0. The number of aromatic nitrogens is 4. The van der Waals surface area contributed by atoms with Crippen molar-refractivity contribution in [3.05, 3.63) is 64.8 Å². The van der Waals surface area contributed by atoms with Crippen molar-refractivity contribution in [1.29, 1.82) is 0 Å². The molecule has 3 aromatic rings. The first-order valence-electron chi connectivity index (χ1n) is 11.8. The number of rotatable bonds is 6. The lowest BCUT2D eigenvalue weighted by Crippen LogP contribution is -2.40. The van der Waals surface area contributed by atoms with Gasteiger partial charge in [0.1, 0.15) is 12.4 Å². The van der Waals surface area contributed by atoms with Crippen LogP contribution in [0.25, 0.3) is 11.4 Å². The van der Waals surface area contributed by atoms with E-state index in [-0.39, 0.29) is 11.7 Å². The van der Waals surface area contributed by atoms with E-state index in [9.17, 15) is 4.79 Å². The van der Waals surface area contributed by atoms with E-state index in [1.807, 2.05) is 0 Å². The number of hydrogen-bond donors (Lipinski definition) is 0. The van der Waals surface area contributed by atoms with Gasteiger partial charge in [-0.25, -0.2) is 9.97 Å². The van der Waals surface area contributed by atoms with Gasteiger partial charge in [-0.15, -0.1) is 0 Å². The molecule has 2 saturated heterocycles. The van der Waals surface area contributed by atoms with Gasteiger partial charge in [0.15, 0.2) is 0 Å². The number of anilines is 1. The fraction of sp³-hybridized carbons (Fsp3) is 0.440. The standard InChI is InChI=1S/C25H30N6O3/c1-29-24(32)16-22(21-6-9-26-18-27-21)28-25(29)34-20-7-10-31(11-8-20)23-5-3-2-4-19(23)17-30-12-14-33-15-13-30/h2-6,9,16,18,20H,7-8,10-15,17H2,1H3. The van der Waals surface area contributed by atoms with Crippen LogP contribution in [-0.4, -0.2) is 69.9 Å². The first kappa shape index (κ1) is 22.5. The fourth-order valence-corrected chi connectivity index (χ4v) is 4.51. The van der Waals surface area contributed by atoms with Gasteiger partial charge in [0.05, 0.1) is 24.6 Å². The van der Waals surface area contributed by atoms with Gasteiger partial charge in [0.25, 0.3) is 11.6 Å². The third-order valence-electron chi connectivity index (χ3n) is 6.48. The summed E-state index contributed by atoms with van der Waals surface area (Å²) in [4.78, 5) is 30.1. The first-order valence-corrected chi connectivity index (χ1v) is 11.8. The highest BCUT2D eigenvalue weighted by Gasteiger charge is 2.24. The lowest BCUT2D eigenvalue weighted by atomic mass is 10.0. The summed E-state index contributed by atoms with van der Waals surface area (Å²) in [6.07, 6.45) is 4.80. The molecule has 0 amide bonds. The molecule has 0 aliphatic carbocycles. The molecule has 5 rings (SSSR count). The van der Waals surface area contributed by atoms with Gasteiger partial charge in [-0.2, -0.15) is 4.98 Å². The third kappa shape index (κ3) is 5.10. The van der Waals surface area contributed by atoms with Crippen LogP contribution in [0.1, 0.15) is 18.4 Å². The van der Waals surface area contributed by atoms with Crippen LogP contribution >= 0.6 is 0 Å². The van der Waals surface area contributed by atoms with E-state index < -0.39 is 0 Å². The number of piperidine rings is 1. The summed E-state index contributed by atoms with van der Waals surface area (Å²) in [5.41, 5.74) is 3.57. The number of ether oxygens (including phenoxy) is 2. The Morgan fingerprint density at radius 1 is 1.06 bits per heavy atom. The minimum atomic E-state index is -0.173. The van der Waals surface area contributed by atoms with E-state index in [1.165, 1.54) is 28.2 Å². The zero-order chi connectivity index (χ0) is 23.3. The Kier molecular flexibility index (Phi) is 6.82. The van der Waals surface area contributed by atoms with Crippen molar-refractivity contribution in [1.82, 2.24) is 24.4 Å². The number of para-hydroxylation sites is 1. The van der Waals surface area contributed by atoms with Crippen molar-refractivity contribution < 1.29 is 9.47 Å². The molecule has 0 spiro atoms. The van der Waals surface area contributed by atoms with Crippen LogP contribution in [0, 0.1) is 0 Å². The highest BCUT2D eigenvalue weighted by atomic mass is 16.5. The summed E-state index contributed by atoms with van der Waals surface area (Å²) in [5.74, 6) is 0. The Labute approximate surface area is 199 Å². The van der Waals surface area contributed by atoms with Gasteiger partial charge in [-0.05, 0) is 17.7 Å². The quantitative estimate of drug-likeness (QED) is 0.551. The first-order chi connectivity index (χ1) is 16.7. The van der Waals surface area contributed by atoms with Crippen molar-refractivity contribution >= 4 is 5.69 Å². The molecule has 0 bridgehead atoms. The molecule has 2 aliphatic rings. The topological polar surface area (TPSA) is 85.6 Å². The molecule has 34 heavy (non-hydrogen) atoms. The molecule has 0 N–H and O–H groups in total. The average molecular weight is 463 g/mol. The molecule has 9 heteroatoms. The zero-order valence-corrected chi connectivity index (χ0v) is 19.5. The molecule has 0 saturated carbocycles. The van der Waals surface area contributed by atoms with Crippen LogP contribution in [0.2, 0.25) is 0 Å². The minimum absolute atomic E-state index is 0.00130. The lowest BCUT2D eigenvalue weighted by molar-refractivity contribution is 0.0342. The third-order valence-corrected chi connectivity index (χ3v) is 6.48. The van der Waals surface area contributed by atoms with Crippen LogP contribution in [-0.2, 0) is 18.3 Å². The molecule has 1 aromatic carbocycles. The van der Waals surface area contributed by atoms with Gasteiger partial charge in [-0.1, -0.05) is 18.2 Å². The van der Waals surface area contributed by atoms with Crippen molar-refractivity contribution in [2.75, 3.05) is 44.3 Å². The molecular formula is C25H30N6O3. The minimum Gasteiger partial charge on any atom is -0.461 e. The second kappa shape index (κ2) is 10.3. The highest BCUT2D eigenvalue weighted by Crippen LogP contribution is 2.27. The van der Waals surface area contributed by atoms with Crippen molar-refractivity contribution in [3.63, 3.8) is 0 Å². The molecular weight excluding hydrogens is 432 g/mol. The molecule has 178 valence electrons.